The van der Waals surface area contributed by atoms with Gasteiger partial charge in [0.15, 0.2) is 18.1 Å². The molecule has 1 saturated heterocycles. The van der Waals surface area contributed by atoms with Gasteiger partial charge in [0.05, 0.1) is 23.2 Å². The van der Waals surface area contributed by atoms with E-state index in [0.29, 0.717) is 44.9 Å². The SMILES string of the molecule is CCOc1cc(C2c3sc(=O)[nH]c3SC3C(=O)N(c4ccc(Br)cc4)C(=O)C32)ccc1OCC(=O)Nc1ccc(C)cc1. The van der Waals surface area contributed by atoms with Crippen molar-refractivity contribution in [2.75, 3.05) is 23.4 Å². The van der Waals surface area contributed by atoms with E-state index in [0.717, 1.165) is 21.4 Å². The van der Waals surface area contributed by atoms with Crippen LogP contribution in [0.4, 0.5) is 11.4 Å². The summed E-state index contributed by atoms with van der Waals surface area (Å²) in [5.41, 5.74) is 2.94. The highest BCUT2D eigenvalue weighted by atomic mass is 79.9. The van der Waals surface area contributed by atoms with Crippen molar-refractivity contribution in [3.8, 4) is 11.5 Å². The van der Waals surface area contributed by atoms with Crippen molar-refractivity contribution >= 4 is 68.1 Å². The fourth-order valence-corrected chi connectivity index (χ4v) is 8.08. The molecule has 3 heterocycles. The molecule has 0 spiro atoms. The number of thioether (sulfide) groups is 1. The van der Waals surface area contributed by atoms with Gasteiger partial charge in [-0.2, -0.15) is 0 Å². The van der Waals surface area contributed by atoms with Gasteiger partial charge < -0.3 is 19.8 Å². The van der Waals surface area contributed by atoms with Crippen LogP contribution >= 0.6 is 39.0 Å². The van der Waals surface area contributed by atoms with E-state index in [2.05, 4.69) is 26.2 Å². The molecule has 9 nitrogen and oxygen atoms in total. The molecule has 1 aromatic heterocycles. The average Bonchev–Trinajstić information content (AvgIpc) is 3.48. The molecule has 6 rings (SSSR count). The van der Waals surface area contributed by atoms with Crippen LogP contribution in [0.15, 0.2) is 81.0 Å². The number of hydrogen-bond acceptors (Lipinski definition) is 8. The molecule has 0 aliphatic carbocycles. The highest BCUT2D eigenvalue weighted by Crippen LogP contribution is 2.53. The zero-order valence-corrected chi connectivity index (χ0v) is 26.3. The van der Waals surface area contributed by atoms with E-state index in [4.69, 9.17) is 9.47 Å². The molecule has 2 aliphatic heterocycles. The number of nitrogens with one attached hydrogen (secondary N) is 2. The fraction of sp³-hybridized carbons (Fsp3) is 0.226. The van der Waals surface area contributed by atoms with Crippen molar-refractivity contribution in [2.24, 2.45) is 5.92 Å². The first-order valence-corrected chi connectivity index (χ1v) is 16.0. The second kappa shape index (κ2) is 12.0. The van der Waals surface area contributed by atoms with Gasteiger partial charge in [-0.05, 0) is 67.9 Å². The van der Waals surface area contributed by atoms with Crippen molar-refractivity contribution in [1.29, 1.82) is 0 Å². The van der Waals surface area contributed by atoms with Crippen LogP contribution in [-0.4, -0.2) is 41.2 Å². The summed E-state index contributed by atoms with van der Waals surface area (Å²) < 4.78 is 12.6. The number of halogens is 1. The van der Waals surface area contributed by atoms with E-state index < -0.39 is 17.1 Å². The van der Waals surface area contributed by atoms with Crippen molar-refractivity contribution in [3.05, 3.63) is 96.9 Å². The van der Waals surface area contributed by atoms with Crippen LogP contribution in [0.1, 0.15) is 28.8 Å². The molecule has 1 fully saturated rings. The third-order valence-corrected chi connectivity index (χ3v) is 10.2. The topological polar surface area (TPSA) is 118 Å². The Kier molecular flexibility index (Phi) is 8.17. The van der Waals surface area contributed by atoms with Crippen LogP contribution in [0.3, 0.4) is 0 Å². The number of nitrogens with zero attached hydrogens (tertiary/aromatic N) is 1. The summed E-state index contributed by atoms with van der Waals surface area (Å²) in [4.78, 5) is 57.1. The number of benzene rings is 3. The second-order valence-corrected chi connectivity index (χ2v) is 13.2. The minimum absolute atomic E-state index is 0.239. The third kappa shape index (κ3) is 5.74. The first-order chi connectivity index (χ1) is 20.7. The lowest BCUT2D eigenvalue weighted by molar-refractivity contribution is -0.122. The molecule has 0 saturated carbocycles. The third-order valence-electron chi connectivity index (χ3n) is 7.23. The molecule has 12 heteroatoms. The molecular weight excluding hydrogens is 654 g/mol. The molecule has 4 aromatic rings. The molecule has 2 N–H and O–H groups in total. The number of amides is 3. The van der Waals surface area contributed by atoms with Crippen molar-refractivity contribution < 1.29 is 23.9 Å². The smallest absolute Gasteiger partial charge is 0.305 e. The van der Waals surface area contributed by atoms with Crippen LogP contribution in [0.25, 0.3) is 0 Å². The van der Waals surface area contributed by atoms with Crippen LogP contribution in [0.2, 0.25) is 0 Å². The van der Waals surface area contributed by atoms with E-state index >= 15 is 0 Å². The monoisotopic (exact) mass is 679 g/mol. The summed E-state index contributed by atoms with van der Waals surface area (Å²) >= 11 is 5.66. The lowest BCUT2D eigenvalue weighted by atomic mass is 9.83. The summed E-state index contributed by atoms with van der Waals surface area (Å²) in [6.45, 7) is 3.89. The summed E-state index contributed by atoms with van der Waals surface area (Å²) in [6, 6.07) is 19.7. The number of ether oxygens (including phenoxy) is 2. The number of carbonyl (C=O) groups is 3. The van der Waals surface area contributed by atoms with Crippen LogP contribution in [-0.2, 0) is 14.4 Å². The van der Waals surface area contributed by atoms with Gasteiger partial charge in [-0.3, -0.25) is 19.2 Å². The summed E-state index contributed by atoms with van der Waals surface area (Å²) in [5.74, 6) is -1.53. The number of rotatable bonds is 8. The molecule has 3 aromatic carbocycles. The number of aryl methyl sites for hydroxylation is 1. The predicted octanol–water partition coefficient (Wildman–Crippen LogP) is 5.72. The Morgan fingerprint density at radius 2 is 1.72 bits per heavy atom. The van der Waals surface area contributed by atoms with E-state index in [9.17, 15) is 19.2 Å². The van der Waals surface area contributed by atoms with Gasteiger partial charge in [-0.1, -0.05) is 62.8 Å². The number of hydrogen-bond donors (Lipinski definition) is 2. The first-order valence-electron chi connectivity index (χ1n) is 13.5. The lowest BCUT2D eigenvalue weighted by Crippen LogP contribution is -2.32. The zero-order chi connectivity index (χ0) is 30.2. The van der Waals surface area contributed by atoms with Crippen LogP contribution in [0.5, 0.6) is 11.5 Å². The summed E-state index contributed by atoms with van der Waals surface area (Å²) in [5, 5.41) is 2.68. The van der Waals surface area contributed by atoms with E-state index in [1.807, 2.05) is 38.1 Å². The average molecular weight is 681 g/mol. The van der Waals surface area contributed by atoms with Gasteiger partial charge in [-0.15, -0.1) is 0 Å². The molecule has 2 aliphatic rings. The molecule has 0 bridgehead atoms. The molecule has 220 valence electrons. The summed E-state index contributed by atoms with van der Waals surface area (Å²) in [6.07, 6.45) is 0. The molecule has 43 heavy (non-hydrogen) atoms. The van der Waals surface area contributed by atoms with Crippen molar-refractivity contribution in [2.45, 2.75) is 30.0 Å². The lowest BCUT2D eigenvalue weighted by Gasteiger charge is -2.30. The highest BCUT2D eigenvalue weighted by molar-refractivity contribution is 9.10. The number of aromatic nitrogens is 1. The number of anilines is 2. The number of imide groups is 1. The maximum atomic E-state index is 14.0. The maximum Gasteiger partial charge on any atom is 0.305 e. The van der Waals surface area contributed by atoms with Gasteiger partial charge in [0, 0.05) is 21.0 Å². The Hall–Kier alpha value is -3.87. The number of fused-ring (bicyclic) bond motifs is 2. The Bertz CT molecular complexity index is 1770. The van der Waals surface area contributed by atoms with Crippen molar-refractivity contribution in [1.82, 2.24) is 4.98 Å². The number of thiazole rings is 1. The van der Waals surface area contributed by atoms with Gasteiger partial charge >= 0.3 is 4.87 Å². The minimum atomic E-state index is -0.735. The first kappa shape index (κ1) is 29.2. The van der Waals surface area contributed by atoms with Gasteiger partial charge in [0.2, 0.25) is 11.8 Å². The molecular formula is C31H26BrN3O6S2. The Labute approximate surface area is 263 Å². The van der Waals surface area contributed by atoms with Gasteiger partial charge in [0.1, 0.15) is 5.25 Å². The van der Waals surface area contributed by atoms with Crippen LogP contribution < -0.4 is 24.6 Å². The number of aromatic amines is 1. The Morgan fingerprint density at radius 1 is 0.977 bits per heavy atom. The number of H-pyrrole nitrogens is 1. The molecule has 3 unspecified atom stereocenters. The Morgan fingerprint density at radius 3 is 2.44 bits per heavy atom. The van der Waals surface area contributed by atoms with Gasteiger partial charge in [-0.25, -0.2) is 4.90 Å². The maximum absolute atomic E-state index is 14.0. The van der Waals surface area contributed by atoms with E-state index in [1.54, 1.807) is 42.5 Å². The predicted molar refractivity (Wildman–Crippen MR) is 169 cm³/mol. The molecule has 3 atom stereocenters. The standard InChI is InChI=1S/C31H26BrN3O6S2/c1-3-40-22-14-17(6-13-21(22)41-15-23(36)33-19-9-4-16(2)5-10-19)24-25-27(42-28-26(24)43-31(39)34-28)30(38)35(29(25)37)20-11-7-18(32)8-12-20/h4-14,24-25,27H,3,15H2,1-2H3,(H,33,36)(H,34,39). The normalized spacial score (nSPS) is 19.1. The minimum Gasteiger partial charge on any atom is -0.490 e. The quantitative estimate of drug-likeness (QED) is 0.229. The largest absolute Gasteiger partial charge is 0.490 e. The highest BCUT2D eigenvalue weighted by Gasteiger charge is 2.56. The number of carbonyl (C=O) groups excluding carboxylic acids is 3. The zero-order valence-electron chi connectivity index (χ0n) is 23.1. The Balaban J connectivity index is 1.31. The summed E-state index contributed by atoms with van der Waals surface area (Å²) in [7, 11) is 0. The van der Waals surface area contributed by atoms with Crippen molar-refractivity contribution in [3.63, 3.8) is 0 Å². The molecule has 0 radical (unpaired) electrons. The van der Waals surface area contributed by atoms with Crippen LogP contribution in [0, 0.1) is 12.8 Å². The van der Waals surface area contributed by atoms with E-state index in [-0.39, 0.29) is 29.2 Å². The molecule has 3 amide bonds. The van der Waals surface area contributed by atoms with E-state index in [1.165, 1.54) is 16.7 Å². The fourth-order valence-electron chi connectivity index (χ4n) is 5.30. The van der Waals surface area contributed by atoms with Gasteiger partial charge in [0.25, 0.3) is 5.91 Å². The second-order valence-electron chi connectivity index (χ2n) is 10.1.